The minimum absolute atomic E-state index is 0. The molecule has 0 amide bonds. The molecule has 1 aromatic rings. The molecule has 2 unspecified atom stereocenters. The summed E-state index contributed by atoms with van der Waals surface area (Å²) in [5.41, 5.74) is 1.17. The Balaban J connectivity index is 0.00000341. The number of nitrogens with one attached hydrogen (secondary N) is 2. The molecule has 1 aromatic heterocycles. The summed E-state index contributed by atoms with van der Waals surface area (Å²) in [4.78, 5) is 11.3. The molecule has 2 heterocycles. The van der Waals surface area contributed by atoms with E-state index in [-0.39, 0.29) is 42.9 Å². The maximum Gasteiger partial charge on any atom is 0.391 e. The van der Waals surface area contributed by atoms with Gasteiger partial charge >= 0.3 is 6.18 Å². The van der Waals surface area contributed by atoms with Crippen molar-refractivity contribution in [2.24, 2.45) is 16.8 Å². The Hall–Kier alpha value is -0.620. The fourth-order valence-electron chi connectivity index (χ4n) is 4.41. The minimum atomic E-state index is -4.10. The Labute approximate surface area is 204 Å². The van der Waals surface area contributed by atoms with Crippen LogP contribution in [0.25, 0.3) is 0 Å². The first kappa shape index (κ1) is 26.6. The Morgan fingerprint density at radius 2 is 2.00 bits per heavy atom. The number of rotatable bonds is 6. The van der Waals surface area contributed by atoms with Crippen LogP contribution < -0.4 is 10.6 Å². The Morgan fingerprint density at radius 3 is 2.61 bits per heavy atom. The largest absolute Gasteiger partial charge is 0.391 e. The summed E-state index contributed by atoms with van der Waals surface area (Å²) in [5, 5.41) is 9.92. The van der Waals surface area contributed by atoms with Gasteiger partial charge < -0.3 is 10.6 Å². The average molecular weight is 574 g/mol. The predicted molar refractivity (Wildman–Crippen MR) is 131 cm³/mol. The van der Waals surface area contributed by atoms with Crippen molar-refractivity contribution in [1.29, 1.82) is 0 Å². The van der Waals surface area contributed by atoms with Crippen molar-refractivity contribution in [3.05, 3.63) is 16.1 Å². The van der Waals surface area contributed by atoms with Crippen LogP contribution in [0.4, 0.5) is 13.2 Å². The first-order valence-electron chi connectivity index (χ1n) is 11.1. The number of aliphatic imine (C=N–C) groups is 1. The molecule has 5 nitrogen and oxygen atoms in total. The van der Waals surface area contributed by atoms with Crippen molar-refractivity contribution < 1.29 is 13.2 Å². The van der Waals surface area contributed by atoms with E-state index in [4.69, 9.17) is 0 Å². The number of piperidine rings is 1. The number of aromatic nitrogens is 1. The van der Waals surface area contributed by atoms with Gasteiger partial charge in [0.15, 0.2) is 5.96 Å². The standard InChI is InChI=1S/C21H34F3N5S.HI/c1-3-19-27-18(14-30-19)13-29-9-7-15(8-10-29)12-26-20(25-2)28-17-6-4-5-16(11-17)21(22,23)24;/h14-17H,3-13H2,1-2H3,(H2,25,26,28);1H. The molecule has 1 aliphatic heterocycles. The molecule has 2 fully saturated rings. The highest BCUT2D eigenvalue weighted by molar-refractivity contribution is 14.0. The van der Waals surface area contributed by atoms with Crippen LogP contribution in [0.15, 0.2) is 10.4 Å². The summed E-state index contributed by atoms with van der Waals surface area (Å²) < 4.78 is 39.1. The van der Waals surface area contributed by atoms with Crippen LogP contribution in [-0.2, 0) is 13.0 Å². The fraction of sp³-hybridized carbons (Fsp3) is 0.810. The van der Waals surface area contributed by atoms with E-state index >= 15 is 0 Å². The average Bonchev–Trinajstić information content (AvgIpc) is 3.19. The number of nitrogens with zero attached hydrogens (tertiary/aromatic N) is 3. The lowest BCUT2D eigenvalue weighted by Gasteiger charge is -2.33. The molecule has 1 saturated carbocycles. The molecule has 2 aliphatic rings. The van der Waals surface area contributed by atoms with Gasteiger partial charge in [0.1, 0.15) is 0 Å². The summed E-state index contributed by atoms with van der Waals surface area (Å²) in [7, 11) is 1.68. The molecule has 0 aromatic carbocycles. The van der Waals surface area contributed by atoms with Gasteiger partial charge in [0, 0.05) is 31.6 Å². The van der Waals surface area contributed by atoms with E-state index in [1.165, 1.54) is 10.7 Å². The van der Waals surface area contributed by atoms with Gasteiger partial charge in [-0.1, -0.05) is 13.3 Å². The molecule has 0 spiro atoms. The van der Waals surface area contributed by atoms with Gasteiger partial charge in [-0.3, -0.25) is 9.89 Å². The molecule has 3 rings (SSSR count). The molecule has 2 N–H and O–H groups in total. The second-order valence-corrected chi connectivity index (χ2v) is 9.45. The zero-order valence-electron chi connectivity index (χ0n) is 18.4. The van der Waals surface area contributed by atoms with Gasteiger partial charge in [-0.15, -0.1) is 35.3 Å². The molecule has 31 heavy (non-hydrogen) atoms. The van der Waals surface area contributed by atoms with E-state index in [0.717, 1.165) is 51.9 Å². The lowest BCUT2D eigenvalue weighted by molar-refractivity contribution is -0.183. The predicted octanol–water partition coefficient (Wildman–Crippen LogP) is 4.82. The second kappa shape index (κ2) is 12.6. The SMILES string of the molecule is CCc1nc(CN2CCC(CNC(=NC)NC3CCCC(C(F)(F)F)C3)CC2)cs1.I. The normalized spacial score (nSPS) is 24.0. The van der Waals surface area contributed by atoms with Crippen LogP contribution in [0.1, 0.15) is 56.2 Å². The van der Waals surface area contributed by atoms with E-state index in [1.54, 1.807) is 18.4 Å². The van der Waals surface area contributed by atoms with Crippen LogP contribution in [0.3, 0.4) is 0 Å². The van der Waals surface area contributed by atoms with Gasteiger partial charge in [-0.2, -0.15) is 13.2 Å². The maximum absolute atomic E-state index is 13.0. The molecule has 0 bridgehead atoms. The molecule has 178 valence electrons. The lowest BCUT2D eigenvalue weighted by Crippen LogP contribution is -2.48. The van der Waals surface area contributed by atoms with Gasteiger partial charge in [0.2, 0.25) is 0 Å². The van der Waals surface area contributed by atoms with Crippen molar-refractivity contribution in [2.45, 2.75) is 70.6 Å². The summed E-state index contributed by atoms with van der Waals surface area (Å²) >= 11 is 1.74. The third kappa shape index (κ3) is 8.34. The van der Waals surface area contributed by atoms with Crippen molar-refractivity contribution in [1.82, 2.24) is 20.5 Å². The lowest BCUT2D eigenvalue weighted by atomic mass is 9.85. The van der Waals surface area contributed by atoms with Crippen molar-refractivity contribution in [3.63, 3.8) is 0 Å². The smallest absolute Gasteiger partial charge is 0.356 e. The zero-order valence-corrected chi connectivity index (χ0v) is 21.5. The molecular formula is C21H35F3IN5S. The number of likely N-dealkylation sites (tertiary alicyclic amines) is 1. The number of alkyl halides is 3. The number of guanidine groups is 1. The number of thiazole rings is 1. The third-order valence-electron chi connectivity index (χ3n) is 6.25. The van der Waals surface area contributed by atoms with Crippen molar-refractivity contribution >= 4 is 41.3 Å². The van der Waals surface area contributed by atoms with Gasteiger partial charge in [0.05, 0.1) is 16.6 Å². The monoisotopic (exact) mass is 573 g/mol. The highest BCUT2D eigenvalue weighted by atomic mass is 127. The summed E-state index contributed by atoms with van der Waals surface area (Å²) in [6.45, 7) is 5.95. The Kier molecular flexibility index (Phi) is 10.8. The van der Waals surface area contributed by atoms with Crippen LogP contribution >= 0.6 is 35.3 Å². The third-order valence-corrected chi connectivity index (χ3v) is 7.30. The fourth-order valence-corrected chi connectivity index (χ4v) is 5.14. The van der Waals surface area contributed by atoms with E-state index in [9.17, 15) is 13.2 Å². The molecule has 2 atom stereocenters. The first-order valence-corrected chi connectivity index (χ1v) is 11.9. The van der Waals surface area contributed by atoms with Crippen LogP contribution in [-0.4, -0.2) is 54.7 Å². The second-order valence-electron chi connectivity index (χ2n) is 8.51. The molecular weight excluding hydrogens is 538 g/mol. The molecule has 1 aliphatic carbocycles. The number of halogens is 4. The van der Waals surface area contributed by atoms with Crippen molar-refractivity contribution in [2.75, 3.05) is 26.7 Å². The summed E-state index contributed by atoms with van der Waals surface area (Å²) in [5.74, 6) is -0.0205. The van der Waals surface area contributed by atoms with Crippen LogP contribution in [0.2, 0.25) is 0 Å². The number of hydrogen-bond donors (Lipinski definition) is 2. The molecule has 0 radical (unpaired) electrons. The quantitative estimate of drug-likeness (QED) is 0.291. The highest BCUT2D eigenvalue weighted by Crippen LogP contribution is 2.37. The summed E-state index contributed by atoms with van der Waals surface area (Å²) in [6.07, 6.45) is 0.861. The van der Waals surface area contributed by atoms with Crippen LogP contribution in [0.5, 0.6) is 0 Å². The number of aryl methyl sites for hydroxylation is 1. The van der Waals surface area contributed by atoms with E-state index in [2.05, 4.69) is 37.8 Å². The topological polar surface area (TPSA) is 52.6 Å². The van der Waals surface area contributed by atoms with E-state index in [0.29, 0.717) is 18.3 Å². The van der Waals surface area contributed by atoms with Gasteiger partial charge in [-0.05, 0) is 57.5 Å². The Morgan fingerprint density at radius 1 is 1.26 bits per heavy atom. The van der Waals surface area contributed by atoms with E-state index in [1.807, 2.05) is 0 Å². The van der Waals surface area contributed by atoms with E-state index < -0.39 is 12.1 Å². The van der Waals surface area contributed by atoms with Crippen LogP contribution in [0, 0.1) is 11.8 Å². The van der Waals surface area contributed by atoms with Gasteiger partial charge in [-0.25, -0.2) is 4.98 Å². The zero-order chi connectivity index (χ0) is 21.6. The molecule has 1 saturated heterocycles. The van der Waals surface area contributed by atoms with Gasteiger partial charge in [0.25, 0.3) is 0 Å². The first-order chi connectivity index (χ1) is 14.4. The van der Waals surface area contributed by atoms with Crippen molar-refractivity contribution in [3.8, 4) is 0 Å². The maximum atomic E-state index is 13.0. The highest BCUT2D eigenvalue weighted by Gasteiger charge is 2.42. The summed E-state index contributed by atoms with van der Waals surface area (Å²) in [6, 6.07) is -0.162. The minimum Gasteiger partial charge on any atom is -0.356 e. The Bertz CT molecular complexity index is 689. The molecule has 10 heteroatoms. The number of hydrogen-bond acceptors (Lipinski definition) is 4.